The summed E-state index contributed by atoms with van der Waals surface area (Å²) in [5.41, 5.74) is 1.58. The van der Waals surface area contributed by atoms with E-state index in [0.717, 1.165) is 16.0 Å². The summed E-state index contributed by atoms with van der Waals surface area (Å²) in [6, 6.07) is 3.96. The number of hydrogen-bond donors (Lipinski definition) is 2. The minimum atomic E-state index is -0.695. The molecule has 9 heteroatoms. The average molecular weight is 510 g/mol. The first-order chi connectivity index (χ1) is 16.1. The summed E-state index contributed by atoms with van der Waals surface area (Å²) < 4.78 is 14.9. The molecule has 8 nitrogen and oxygen atoms in total. The van der Waals surface area contributed by atoms with E-state index in [1.54, 1.807) is 0 Å². The summed E-state index contributed by atoms with van der Waals surface area (Å²) in [6.07, 6.45) is -0.499. The van der Waals surface area contributed by atoms with Crippen molar-refractivity contribution >= 4 is 29.8 Å². The van der Waals surface area contributed by atoms with Crippen LogP contribution in [-0.4, -0.2) is 55.3 Å². The molecule has 1 aromatic carbocycles. The summed E-state index contributed by atoms with van der Waals surface area (Å²) in [6.45, 7) is 17.3. The van der Waals surface area contributed by atoms with Gasteiger partial charge in [-0.3, -0.25) is 4.79 Å². The molecule has 0 saturated heterocycles. The molecule has 0 fully saturated rings. The third-order valence-electron chi connectivity index (χ3n) is 4.81. The van der Waals surface area contributed by atoms with E-state index in [0.29, 0.717) is 11.5 Å². The van der Waals surface area contributed by atoms with Crippen LogP contribution in [0.25, 0.3) is 0 Å². The van der Waals surface area contributed by atoms with Crippen LogP contribution >= 0.6 is 11.8 Å². The van der Waals surface area contributed by atoms with Gasteiger partial charge in [0.1, 0.15) is 25.6 Å². The van der Waals surface area contributed by atoms with E-state index in [4.69, 9.17) is 14.2 Å². The molecule has 0 saturated carbocycles. The topological polar surface area (TPSA) is 111 Å². The fourth-order valence-electron chi connectivity index (χ4n) is 2.92. The lowest BCUT2D eigenvalue weighted by Gasteiger charge is -2.28. The lowest BCUT2D eigenvalue weighted by Crippen LogP contribution is -2.29. The van der Waals surface area contributed by atoms with Gasteiger partial charge in [-0.2, -0.15) is 0 Å². The number of thioether (sulfide) groups is 1. The summed E-state index contributed by atoms with van der Waals surface area (Å²) in [5.74, 6) is -0.0780. The fraction of sp³-hybridized carbons (Fsp3) is 0.577. The number of carbonyl (C=O) groups excluding carboxylic acids is 3. The van der Waals surface area contributed by atoms with Crippen LogP contribution in [0.1, 0.15) is 66.0 Å². The largest absolute Gasteiger partial charge is 0.507 e. The van der Waals surface area contributed by atoms with Crippen molar-refractivity contribution in [3.63, 3.8) is 0 Å². The lowest BCUT2D eigenvalue weighted by molar-refractivity contribution is -0.144. The van der Waals surface area contributed by atoms with Crippen LogP contribution in [0.3, 0.4) is 0 Å². The molecule has 2 N–H and O–H groups in total. The number of alkyl carbamates (subject to hydrolysis) is 1. The highest BCUT2D eigenvalue weighted by atomic mass is 32.2. The van der Waals surface area contributed by atoms with Gasteiger partial charge in [0.2, 0.25) is 0 Å². The average Bonchev–Trinajstić information content (AvgIpc) is 2.73. The van der Waals surface area contributed by atoms with Crippen molar-refractivity contribution in [2.75, 3.05) is 32.1 Å². The molecule has 0 aliphatic rings. The van der Waals surface area contributed by atoms with Crippen molar-refractivity contribution in [1.82, 2.24) is 5.32 Å². The van der Waals surface area contributed by atoms with Crippen LogP contribution < -0.4 is 5.32 Å². The van der Waals surface area contributed by atoms with Crippen LogP contribution in [0.5, 0.6) is 5.75 Å². The van der Waals surface area contributed by atoms with Gasteiger partial charge in [-0.05, 0) is 29.9 Å². The van der Waals surface area contributed by atoms with Gasteiger partial charge in [-0.1, -0.05) is 48.1 Å². The normalized spacial score (nSPS) is 11.5. The summed E-state index contributed by atoms with van der Waals surface area (Å²) in [7, 11) is 0. The predicted molar refractivity (Wildman–Crippen MR) is 137 cm³/mol. The van der Waals surface area contributed by atoms with Gasteiger partial charge in [0.15, 0.2) is 0 Å². The van der Waals surface area contributed by atoms with E-state index in [1.807, 2.05) is 12.1 Å². The van der Waals surface area contributed by atoms with Gasteiger partial charge in [0.25, 0.3) is 0 Å². The molecule has 0 aromatic heterocycles. The van der Waals surface area contributed by atoms with Crippen LogP contribution in [-0.2, 0) is 34.6 Å². The van der Waals surface area contributed by atoms with Gasteiger partial charge < -0.3 is 24.6 Å². The Morgan fingerprint density at radius 2 is 1.49 bits per heavy atom. The second-order valence-corrected chi connectivity index (χ2v) is 11.3. The molecule has 0 unspecified atom stereocenters. The first kappa shape index (κ1) is 30.4. The quantitative estimate of drug-likeness (QED) is 0.143. The molecular weight excluding hydrogens is 470 g/mol. The number of phenols is 1. The zero-order chi connectivity index (χ0) is 26.8. The third kappa shape index (κ3) is 11.1. The number of rotatable bonds is 11. The Bertz CT molecular complexity index is 878. The summed E-state index contributed by atoms with van der Waals surface area (Å²) >= 11 is 1.53. The maximum absolute atomic E-state index is 12.0. The molecule has 0 aliphatic heterocycles. The second-order valence-electron chi connectivity index (χ2n) is 10.2. The van der Waals surface area contributed by atoms with E-state index in [1.165, 1.54) is 18.7 Å². The monoisotopic (exact) mass is 509 g/mol. The minimum Gasteiger partial charge on any atom is -0.507 e. The number of phenolic OH excluding ortho intramolecular Hbond substituents is 1. The molecule has 1 rings (SSSR count). The van der Waals surface area contributed by atoms with E-state index < -0.39 is 12.1 Å². The van der Waals surface area contributed by atoms with Crippen LogP contribution in [0.15, 0.2) is 29.2 Å². The van der Waals surface area contributed by atoms with Gasteiger partial charge >= 0.3 is 18.0 Å². The minimum absolute atomic E-state index is 0.00295. The molecule has 0 radical (unpaired) electrons. The van der Waals surface area contributed by atoms with E-state index in [2.05, 4.69) is 53.4 Å². The number of hydrogen-bond acceptors (Lipinski definition) is 8. The number of amides is 1. The van der Waals surface area contributed by atoms with Crippen molar-refractivity contribution in [3.8, 4) is 5.75 Å². The Labute approximate surface area is 212 Å². The molecule has 1 amide bonds. The summed E-state index contributed by atoms with van der Waals surface area (Å²) in [4.78, 5) is 35.8. The van der Waals surface area contributed by atoms with Gasteiger partial charge in [-0.15, -0.1) is 11.8 Å². The first-order valence-electron chi connectivity index (χ1n) is 11.5. The van der Waals surface area contributed by atoms with E-state index >= 15 is 0 Å². The van der Waals surface area contributed by atoms with Crippen LogP contribution in [0.4, 0.5) is 4.79 Å². The highest BCUT2D eigenvalue weighted by molar-refractivity contribution is 7.99. The molecular formula is C26H39NO7S. The van der Waals surface area contributed by atoms with Crippen molar-refractivity contribution in [3.05, 3.63) is 35.4 Å². The Hall–Kier alpha value is -2.68. The molecule has 196 valence electrons. The maximum Gasteiger partial charge on any atom is 0.407 e. The highest BCUT2D eigenvalue weighted by Crippen LogP contribution is 2.41. The number of aromatic hydroxyl groups is 1. The molecule has 0 heterocycles. The Kier molecular flexibility index (Phi) is 11.6. The smallest absolute Gasteiger partial charge is 0.407 e. The Morgan fingerprint density at radius 3 is 2.00 bits per heavy atom. The van der Waals surface area contributed by atoms with Crippen molar-refractivity contribution in [2.45, 2.75) is 70.6 Å². The molecule has 1 aromatic rings. The molecule has 35 heavy (non-hydrogen) atoms. The molecule has 0 atom stereocenters. The zero-order valence-electron chi connectivity index (χ0n) is 21.9. The zero-order valence-corrected chi connectivity index (χ0v) is 22.7. The van der Waals surface area contributed by atoms with Crippen LogP contribution in [0, 0.1) is 0 Å². The number of benzene rings is 1. The number of nitrogens with one attached hydrogen (secondary N) is 1. The number of carbonyl (C=O) groups is 3. The number of ether oxygens (including phenoxy) is 3. The Morgan fingerprint density at radius 1 is 0.943 bits per heavy atom. The third-order valence-corrected chi connectivity index (χ3v) is 5.78. The number of esters is 2. The molecule has 0 spiro atoms. The van der Waals surface area contributed by atoms with Gasteiger partial charge in [0.05, 0.1) is 13.0 Å². The van der Waals surface area contributed by atoms with Gasteiger partial charge in [0, 0.05) is 27.3 Å². The van der Waals surface area contributed by atoms with Crippen molar-refractivity contribution < 1.29 is 33.7 Å². The summed E-state index contributed by atoms with van der Waals surface area (Å²) in [5, 5.41) is 13.2. The highest BCUT2D eigenvalue weighted by Gasteiger charge is 2.26. The Balaban J connectivity index is 2.40. The van der Waals surface area contributed by atoms with Crippen molar-refractivity contribution in [1.29, 1.82) is 0 Å². The molecule has 0 bridgehead atoms. The van der Waals surface area contributed by atoms with E-state index in [-0.39, 0.29) is 55.2 Å². The van der Waals surface area contributed by atoms with Crippen LogP contribution in [0.2, 0.25) is 0 Å². The first-order valence-corrected chi connectivity index (χ1v) is 12.5. The standard InChI is InChI=1S/C26H39NO7S/c1-17(2)23(30)33-11-10-27-24(31)34-13-12-32-21(28)9-14-35-18-15-19(25(3,4)5)22(29)20(16-18)26(6,7)8/h15-16,29H,1,9-14H2,2-8H3,(H,27,31). The lowest BCUT2D eigenvalue weighted by atomic mass is 9.79. The molecule has 0 aliphatic carbocycles. The second kappa shape index (κ2) is 13.4. The fourth-order valence-corrected chi connectivity index (χ4v) is 3.83. The maximum atomic E-state index is 12.0. The van der Waals surface area contributed by atoms with Gasteiger partial charge in [-0.25, -0.2) is 9.59 Å². The van der Waals surface area contributed by atoms with E-state index in [9.17, 15) is 19.5 Å². The predicted octanol–water partition coefficient (Wildman–Crippen LogP) is 4.86. The SMILES string of the molecule is C=C(C)C(=O)OCCNC(=O)OCCOC(=O)CCSc1cc(C(C)(C)C)c(O)c(C(C)(C)C)c1. The van der Waals surface area contributed by atoms with Crippen molar-refractivity contribution in [2.24, 2.45) is 0 Å².